The van der Waals surface area contributed by atoms with Crippen LogP contribution < -0.4 is 15.4 Å². The minimum absolute atomic E-state index is 0.124. The molecule has 1 aliphatic carbocycles. The van der Waals surface area contributed by atoms with E-state index in [9.17, 15) is 19.2 Å². The van der Waals surface area contributed by atoms with Crippen molar-refractivity contribution in [3.05, 3.63) is 102 Å². The van der Waals surface area contributed by atoms with E-state index < -0.39 is 18.2 Å². The molecule has 6 aromatic rings. The Hall–Kier alpha value is -6.90. The molecule has 0 bridgehead atoms. The van der Waals surface area contributed by atoms with Gasteiger partial charge in [-0.15, -0.1) is 0 Å². The summed E-state index contributed by atoms with van der Waals surface area (Å²) in [4.78, 5) is 72.3. The average molecular weight is 823 g/mol. The number of methoxy groups -OCH3 is 2. The Labute approximate surface area is 351 Å². The van der Waals surface area contributed by atoms with Crippen LogP contribution >= 0.6 is 0 Å². The zero-order valence-electron chi connectivity index (χ0n) is 33.9. The van der Waals surface area contributed by atoms with Crippen molar-refractivity contribution in [1.29, 1.82) is 0 Å². The summed E-state index contributed by atoms with van der Waals surface area (Å²) < 4.78 is 16.0. The van der Waals surface area contributed by atoms with Crippen molar-refractivity contribution in [3.63, 3.8) is 0 Å². The number of H-pyrrole nitrogens is 2. The minimum Gasteiger partial charge on any atom is -0.488 e. The number of ether oxygens (including phenoxy) is 3. The molecule has 4 aromatic carbocycles. The largest absolute Gasteiger partial charge is 0.488 e. The molecule has 5 heterocycles. The lowest BCUT2D eigenvalue weighted by Gasteiger charge is -2.29. The molecule has 4 aliphatic rings. The SMILES string of the molecule is COC(=O)NCC(=O)N1[C@H](c2nc3c(ccc4cc5c(cc43)OCc3cc(-c4cnc(C6CCCN6C(=O)[C@H](NC(=O)OC)c6ccccc6)[nH]4)ccc3-5)[nH]2)C[C@@H]2CCC[C@@H]21. The van der Waals surface area contributed by atoms with E-state index in [2.05, 4.69) is 57.0 Å². The van der Waals surface area contributed by atoms with E-state index in [1.165, 1.54) is 14.2 Å². The lowest BCUT2D eigenvalue weighted by Crippen LogP contribution is -2.44. The number of amides is 4. The highest BCUT2D eigenvalue weighted by Gasteiger charge is 2.47. The number of hydrogen-bond acceptors (Lipinski definition) is 9. The molecule has 3 fully saturated rings. The number of nitrogens with zero attached hydrogens (tertiary/aromatic N) is 4. The predicted octanol–water partition coefficient (Wildman–Crippen LogP) is 7.22. The van der Waals surface area contributed by atoms with Gasteiger partial charge in [-0.25, -0.2) is 19.6 Å². The Kier molecular flexibility index (Phi) is 9.80. The van der Waals surface area contributed by atoms with Gasteiger partial charge in [-0.3, -0.25) is 9.59 Å². The maximum absolute atomic E-state index is 14.0. The van der Waals surface area contributed by atoms with Gasteiger partial charge < -0.3 is 44.6 Å². The second-order valence-corrected chi connectivity index (χ2v) is 16.3. The first-order valence-corrected chi connectivity index (χ1v) is 20.9. The van der Waals surface area contributed by atoms with Crippen LogP contribution in [0.1, 0.15) is 79.4 Å². The highest BCUT2D eigenvalue weighted by atomic mass is 16.5. The second-order valence-electron chi connectivity index (χ2n) is 16.3. The van der Waals surface area contributed by atoms with Gasteiger partial charge in [-0.05, 0) is 89.9 Å². The summed E-state index contributed by atoms with van der Waals surface area (Å²) in [5.41, 5.74) is 7.28. The Bertz CT molecular complexity index is 2690. The van der Waals surface area contributed by atoms with Crippen molar-refractivity contribution in [2.24, 2.45) is 5.92 Å². The number of fused-ring (bicyclic) bond motifs is 7. The molecule has 2 aromatic heterocycles. The molecule has 0 radical (unpaired) electrons. The molecule has 312 valence electrons. The molecule has 1 saturated carbocycles. The van der Waals surface area contributed by atoms with E-state index in [0.29, 0.717) is 30.5 Å². The second kappa shape index (κ2) is 15.6. The summed E-state index contributed by atoms with van der Waals surface area (Å²) in [5.74, 6) is 2.26. The maximum atomic E-state index is 14.0. The van der Waals surface area contributed by atoms with Gasteiger partial charge in [0.25, 0.3) is 5.91 Å². The van der Waals surface area contributed by atoms with Crippen molar-refractivity contribution in [2.45, 2.75) is 69.3 Å². The Balaban J connectivity index is 0.898. The summed E-state index contributed by atoms with van der Waals surface area (Å²) in [5, 5.41) is 7.27. The third kappa shape index (κ3) is 6.87. The van der Waals surface area contributed by atoms with Gasteiger partial charge in [0.15, 0.2) is 0 Å². The summed E-state index contributed by atoms with van der Waals surface area (Å²) in [6.07, 6.45) is 5.98. The highest BCUT2D eigenvalue weighted by molar-refractivity contribution is 6.07. The van der Waals surface area contributed by atoms with E-state index >= 15 is 0 Å². The standard InChI is InChI=1S/C46H46N8O7/c1-59-45(57)48-23-39(55)54-35-11-6-10-28(35)20-37(54)43-49-33-16-14-26-19-32-30-15-13-27(18-29(30)24-61-38(32)21-31(26)41(33)51-43)34-22-47-42(50-34)36-12-7-17-53(36)44(56)40(52-46(58)60-2)25-8-4-3-5-9-25/h3-5,8-9,13-16,18-19,21-22,28,35-37,40H,6-7,10-12,17,20,23-24H2,1-2H3,(H,47,50)(H,48,57)(H,49,51)(H,52,58)/t28-,35-,36?,37-,40+/m0/s1. The molecule has 2 saturated heterocycles. The third-order valence-electron chi connectivity index (χ3n) is 13.0. The summed E-state index contributed by atoms with van der Waals surface area (Å²) >= 11 is 0. The van der Waals surface area contributed by atoms with Crippen LogP contribution in [0.3, 0.4) is 0 Å². The van der Waals surface area contributed by atoms with E-state index in [1.54, 1.807) is 11.1 Å². The van der Waals surface area contributed by atoms with Crippen LogP contribution in [0.15, 0.2) is 79.0 Å². The number of benzene rings is 4. The van der Waals surface area contributed by atoms with E-state index in [4.69, 9.17) is 24.2 Å². The van der Waals surface area contributed by atoms with Gasteiger partial charge in [-0.1, -0.05) is 55.0 Å². The van der Waals surface area contributed by atoms with Crippen LogP contribution in [-0.2, 0) is 25.7 Å². The number of aromatic amines is 2. The summed E-state index contributed by atoms with van der Waals surface area (Å²) in [7, 11) is 2.57. The Morgan fingerprint density at radius 1 is 0.885 bits per heavy atom. The normalized spacial score (nSPS) is 20.8. The minimum atomic E-state index is -0.893. The fourth-order valence-electron chi connectivity index (χ4n) is 10.1. The van der Waals surface area contributed by atoms with Gasteiger partial charge >= 0.3 is 12.2 Å². The van der Waals surface area contributed by atoms with Crippen molar-refractivity contribution in [2.75, 3.05) is 27.3 Å². The smallest absolute Gasteiger partial charge is 0.407 e. The molecule has 15 heteroatoms. The van der Waals surface area contributed by atoms with Crippen LogP contribution in [0.4, 0.5) is 9.59 Å². The summed E-state index contributed by atoms with van der Waals surface area (Å²) in [6, 6.07) is 22.6. The molecule has 15 nitrogen and oxygen atoms in total. The van der Waals surface area contributed by atoms with Crippen molar-refractivity contribution < 1.29 is 33.4 Å². The van der Waals surface area contributed by atoms with E-state index in [1.807, 2.05) is 41.3 Å². The molecule has 5 atom stereocenters. The highest BCUT2D eigenvalue weighted by Crippen LogP contribution is 2.48. The third-order valence-corrected chi connectivity index (χ3v) is 13.0. The number of alkyl carbamates (subject to hydrolysis) is 2. The van der Waals surface area contributed by atoms with Gasteiger partial charge in [0.2, 0.25) is 5.91 Å². The Morgan fingerprint density at radius 2 is 1.74 bits per heavy atom. The molecule has 10 rings (SSSR count). The fraction of sp³-hybridized carbons (Fsp3) is 0.348. The van der Waals surface area contributed by atoms with Gasteiger partial charge in [0, 0.05) is 23.5 Å². The van der Waals surface area contributed by atoms with Crippen molar-refractivity contribution >= 4 is 45.8 Å². The Morgan fingerprint density at radius 3 is 2.57 bits per heavy atom. The van der Waals surface area contributed by atoms with E-state index in [-0.39, 0.29) is 36.5 Å². The number of imidazole rings is 2. The van der Waals surface area contributed by atoms with Crippen LogP contribution in [0, 0.1) is 5.92 Å². The van der Waals surface area contributed by atoms with Crippen molar-refractivity contribution in [3.8, 4) is 28.1 Å². The first kappa shape index (κ1) is 38.3. The van der Waals surface area contributed by atoms with Crippen molar-refractivity contribution in [1.82, 2.24) is 40.4 Å². The average Bonchev–Trinajstić information content (AvgIpc) is 4.15. The maximum Gasteiger partial charge on any atom is 0.407 e. The number of carbonyl (C=O) groups is 4. The predicted molar refractivity (Wildman–Crippen MR) is 225 cm³/mol. The molecule has 3 aliphatic heterocycles. The van der Waals surface area contributed by atoms with Gasteiger partial charge in [-0.2, -0.15) is 0 Å². The van der Waals surface area contributed by atoms with Crippen LogP contribution in [0.25, 0.3) is 44.2 Å². The van der Waals surface area contributed by atoms with Crippen LogP contribution in [0.5, 0.6) is 5.75 Å². The first-order chi connectivity index (χ1) is 29.8. The molecular formula is C46H46N8O7. The number of hydrogen-bond donors (Lipinski definition) is 4. The summed E-state index contributed by atoms with van der Waals surface area (Å²) in [6.45, 7) is 0.799. The monoisotopic (exact) mass is 822 g/mol. The molecule has 1 unspecified atom stereocenters. The zero-order chi connectivity index (χ0) is 41.8. The molecule has 0 spiro atoms. The zero-order valence-corrected chi connectivity index (χ0v) is 33.9. The lowest BCUT2D eigenvalue weighted by molar-refractivity contribution is -0.135. The quantitative estimate of drug-likeness (QED) is 0.123. The number of carbonyl (C=O) groups excluding carboxylic acids is 4. The fourth-order valence-corrected chi connectivity index (χ4v) is 10.1. The van der Waals surface area contributed by atoms with E-state index in [0.717, 1.165) is 99.9 Å². The number of rotatable bonds is 8. The molecular weight excluding hydrogens is 777 g/mol. The molecule has 61 heavy (non-hydrogen) atoms. The molecule has 4 N–H and O–H groups in total. The first-order valence-electron chi connectivity index (χ1n) is 20.9. The topological polar surface area (TPSA) is 184 Å². The van der Waals surface area contributed by atoms with Gasteiger partial charge in [0.05, 0.1) is 49.2 Å². The van der Waals surface area contributed by atoms with Gasteiger partial charge in [0.1, 0.15) is 36.6 Å². The number of aromatic nitrogens is 4. The number of nitrogens with one attached hydrogen (secondary N) is 4. The molecule has 4 amide bonds. The van der Waals surface area contributed by atoms with Crippen LogP contribution in [-0.4, -0.2) is 87.1 Å². The lowest BCUT2D eigenvalue weighted by atomic mass is 9.92. The number of likely N-dealkylation sites (tertiary alicyclic amines) is 2. The van der Waals surface area contributed by atoms with Crippen LogP contribution in [0.2, 0.25) is 0 Å².